The number of pyridine rings is 2. The first-order valence-corrected chi connectivity index (χ1v) is 12.1. The molecule has 2 N–H and O–H groups in total. The first-order chi connectivity index (χ1) is 16.4. The normalized spacial score (nSPS) is 19.6. The largest absolute Gasteiger partial charge is 0.503 e. The number of hydrogen-bond acceptors (Lipinski definition) is 4. The minimum Gasteiger partial charge on any atom is -0.503 e. The third-order valence-electron chi connectivity index (χ3n) is 6.70. The van der Waals surface area contributed by atoms with Crippen molar-refractivity contribution in [1.29, 1.82) is 0 Å². The van der Waals surface area contributed by atoms with Crippen molar-refractivity contribution in [1.82, 2.24) is 9.55 Å². The number of aromatic hydroxyl groups is 1. The molecule has 2 aromatic heterocycles. The van der Waals surface area contributed by atoms with Crippen LogP contribution in [0.4, 0.5) is 0 Å². The zero-order chi connectivity index (χ0) is 24.5. The van der Waals surface area contributed by atoms with E-state index in [0.717, 1.165) is 29.1 Å². The van der Waals surface area contributed by atoms with Crippen molar-refractivity contribution in [2.24, 2.45) is 11.8 Å². The van der Waals surface area contributed by atoms with Gasteiger partial charge in [0.1, 0.15) is 5.76 Å². The highest BCUT2D eigenvalue weighted by atomic mass is 16.5. The number of rotatable bonds is 9. The van der Waals surface area contributed by atoms with Gasteiger partial charge in [-0.25, -0.2) is 0 Å². The van der Waals surface area contributed by atoms with Crippen LogP contribution < -0.4 is 21.6 Å². The van der Waals surface area contributed by atoms with E-state index in [1.807, 2.05) is 23.6 Å². The number of allylic oxidation sites excluding steroid dienone is 4. The molecule has 182 valence electrons. The molecule has 1 aliphatic carbocycles. The summed E-state index contributed by atoms with van der Waals surface area (Å²) in [5, 5.41) is 11.0. The third-order valence-corrected chi connectivity index (χ3v) is 6.70. The first-order valence-electron chi connectivity index (χ1n) is 12.1. The van der Waals surface area contributed by atoms with E-state index >= 15 is 0 Å². The first kappa shape index (κ1) is 25.3. The van der Waals surface area contributed by atoms with Crippen LogP contribution in [-0.4, -0.2) is 21.8 Å². The summed E-state index contributed by atoms with van der Waals surface area (Å²) in [5.41, 5.74) is 0.449. The summed E-state index contributed by atoms with van der Waals surface area (Å²) >= 11 is 0. The minimum atomic E-state index is -0.349. The number of aromatic amines is 1. The van der Waals surface area contributed by atoms with Crippen LogP contribution in [0, 0.1) is 11.8 Å². The van der Waals surface area contributed by atoms with E-state index in [0.29, 0.717) is 30.6 Å². The zero-order valence-corrected chi connectivity index (χ0v) is 20.3. The molecule has 2 heterocycles. The van der Waals surface area contributed by atoms with Crippen molar-refractivity contribution in [2.75, 3.05) is 7.11 Å². The van der Waals surface area contributed by atoms with Gasteiger partial charge in [-0.3, -0.25) is 9.59 Å². The van der Waals surface area contributed by atoms with Crippen molar-refractivity contribution < 1.29 is 9.84 Å². The fourth-order valence-electron chi connectivity index (χ4n) is 4.65. The molecule has 0 atom stereocenters. The van der Waals surface area contributed by atoms with E-state index in [1.165, 1.54) is 37.9 Å². The zero-order valence-electron chi connectivity index (χ0n) is 20.3. The van der Waals surface area contributed by atoms with Gasteiger partial charge in [-0.15, -0.1) is 0 Å². The van der Waals surface area contributed by atoms with E-state index in [1.54, 1.807) is 19.2 Å². The van der Waals surface area contributed by atoms with E-state index in [4.69, 9.17) is 4.74 Å². The molecule has 0 radical (unpaired) electrons. The molecule has 6 nitrogen and oxygen atoms in total. The Morgan fingerprint density at radius 3 is 2.71 bits per heavy atom. The van der Waals surface area contributed by atoms with Crippen molar-refractivity contribution in [3.63, 3.8) is 0 Å². The highest BCUT2D eigenvalue weighted by Crippen LogP contribution is 2.32. The molecule has 0 spiro atoms. The summed E-state index contributed by atoms with van der Waals surface area (Å²) in [6.07, 6.45) is 16.9. The van der Waals surface area contributed by atoms with Gasteiger partial charge in [0.2, 0.25) is 5.43 Å². The average molecular weight is 465 g/mol. The SMILES string of the molecule is C=c1ccc(=O)n(CCCC2CCC(/C=C/Cc3cc(=O)c(O)c[nH]3)CC2)/c1=C/C(=C\C)OC. The van der Waals surface area contributed by atoms with E-state index in [2.05, 4.69) is 23.7 Å². The van der Waals surface area contributed by atoms with Gasteiger partial charge in [0.05, 0.1) is 12.5 Å². The maximum atomic E-state index is 12.5. The molecule has 34 heavy (non-hydrogen) atoms. The molecule has 0 aromatic carbocycles. The smallest absolute Gasteiger partial charge is 0.251 e. The molecule has 0 bridgehead atoms. The lowest BCUT2D eigenvalue weighted by Gasteiger charge is -2.26. The Kier molecular flexibility index (Phi) is 9.14. The van der Waals surface area contributed by atoms with Crippen molar-refractivity contribution in [3.05, 3.63) is 85.2 Å². The van der Waals surface area contributed by atoms with Gasteiger partial charge >= 0.3 is 0 Å². The Balaban J connectivity index is 1.50. The van der Waals surface area contributed by atoms with E-state index < -0.39 is 0 Å². The van der Waals surface area contributed by atoms with Crippen LogP contribution in [0.3, 0.4) is 0 Å². The van der Waals surface area contributed by atoms with E-state index in [-0.39, 0.29) is 16.7 Å². The number of hydrogen-bond donors (Lipinski definition) is 2. The Bertz CT molecular complexity index is 1240. The molecule has 0 amide bonds. The molecule has 0 unspecified atom stereocenters. The maximum absolute atomic E-state index is 12.5. The number of nitrogens with one attached hydrogen (secondary N) is 1. The van der Waals surface area contributed by atoms with Gasteiger partial charge in [0.15, 0.2) is 5.75 Å². The highest BCUT2D eigenvalue weighted by molar-refractivity contribution is 5.41. The minimum absolute atomic E-state index is 0.00553. The molecule has 2 aromatic rings. The fourth-order valence-corrected chi connectivity index (χ4v) is 4.65. The van der Waals surface area contributed by atoms with Gasteiger partial charge < -0.3 is 19.4 Å². The Morgan fingerprint density at radius 1 is 1.26 bits per heavy atom. The quantitative estimate of drug-likeness (QED) is 0.440. The maximum Gasteiger partial charge on any atom is 0.251 e. The molecular formula is C28H36N2O4. The molecular weight excluding hydrogens is 428 g/mol. The lowest BCUT2D eigenvalue weighted by atomic mass is 9.80. The topological polar surface area (TPSA) is 84.3 Å². The highest BCUT2D eigenvalue weighted by Gasteiger charge is 2.19. The van der Waals surface area contributed by atoms with Gasteiger partial charge in [-0.05, 0) is 74.6 Å². The summed E-state index contributed by atoms with van der Waals surface area (Å²) in [6.45, 7) is 6.68. The second-order valence-corrected chi connectivity index (χ2v) is 9.04. The van der Waals surface area contributed by atoms with Gasteiger partial charge in [-0.1, -0.05) is 18.7 Å². The predicted molar refractivity (Wildman–Crippen MR) is 137 cm³/mol. The van der Waals surface area contributed by atoms with Gasteiger partial charge in [-0.2, -0.15) is 0 Å². The van der Waals surface area contributed by atoms with Crippen LogP contribution >= 0.6 is 0 Å². The average Bonchev–Trinajstić information content (AvgIpc) is 2.84. The summed E-state index contributed by atoms with van der Waals surface area (Å²) in [6, 6.07) is 4.80. The Labute approximate surface area is 200 Å². The number of ether oxygens (including phenoxy) is 1. The Hall–Kier alpha value is -3.28. The van der Waals surface area contributed by atoms with Crippen LogP contribution in [0.2, 0.25) is 0 Å². The van der Waals surface area contributed by atoms with Crippen LogP contribution in [-0.2, 0) is 17.7 Å². The molecule has 3 rings (SSSR count). The molecule has 0 aliphatic heterocycles. The van der Waals surface area contributed by atoms with Crippen LogP contribution in [0.5, 0.6) is 5.75 Å². The lowest BCUT2D eigenvalue weighted by molar-refractivity contribution is 0.286. The molecule has 0 saturated heterocycles. The van der Waals surface area contributed by atoms with Gasteiger partial charge in [0.25, 0.3) is 5.56 Å². The number of methoxy groups -OCH3 is 1. The van der Waals surface area contributed by atoms with Gasteiger partial charge in [0, 0.05) is 43.1 Å². The summed E-state index contributed by atoms with van der Waals surface area (Å²) < 4.78 is 7.17. The Morgan fingerprint density at radius 2 is 2.03 bits per heavy atom. The van der Waals surface area contributed by atoms with Crippen LogP contribution in [0.15, 0.2) is 58.0 Å². The summed E-state index contributed by atoms with van der Waals surface area (Å²) in [5.74, 6) is 1.73. The summed E-state index contributed by atoms with van der Waals surface area (Å²) in [4.78, 5) is 27.0. The monoisotopic (exact) mass is 464 g/mol. The molecule has 6 heteroatoms. The van der Waals surface area contributed by atoms with Crippen molar-refractivity contribution in [2.45, 2.75) is 58.4 Å². The van der Waals surface area contributed by atoms with Crippen molar-refractivity contribution in [3.8, 4) is 5.75 Å². The summed E-state index contributed by atoms with van der Waals surface area (Å²) in [7, 11) is 1.62. The lowest BCUT2D eigenvalue weighted by Crippen LogP contribution is -2.42. The molecule has 1 saturated carbocycles. The standard InChI is InChI=1S/C28H36N2O4/c1-4-24(34-3)18-25-20(2)10-15-28(33)30(25)16-6-8-22-13-11-21(12-14-22)7-5-9-23-17-26(31)27(32)19-29-23/h4-5,7,10,15,17-19,21-22,32H,2,6,8-9,11-14,16H2,1,3H3,(H,29,31)/b7-5+,24-4+,25-18+. The van der Waals surface area contributed by atoms with Crippen molar-refractivity contribution >= 4 is 12.7 Å². The van der Waals surface area contributed by atoms with Crippen LogP contribution in [0.25, 0.3) is 12.7 Å². The predicted octanol–water partition coefficient (Wildman–Crippen LogP) is 3.37. The molecule has 1 fully saturated rings. The second-order valence-electron chi connectivity index (χ2n) is 9.04. The number of nitrogens with zero attached hydrogens (tertiary/aromatic N) is 1. The number of aromatic nitrogens is 2. The number of H-pyrrole nitrogens is 1. The third kappa shape index (κ3) is 6.86. The fraction of sp³-hybridized carbons (Fsp3) is 0.429. The van der Waals surface area contributed by atoms with E-state index in [9.17, 15) is 14.7 Å². The molecule has 1 aliphatic rings. The van der Waals surface area contributed by atoms with Crippen LogP contribution in [0.1, 0.15) is 51.1 Å². The second kappa shape index (κ2) is 12.3.